The largest absolute Gasteiger partial charge is 0.478 e. The molecule has 0 atom stereocenters. The number of aryl methyl sites for hydroxylation is 1. The predicted octanol–water partition coefficient (Wildman–Crippen LogP) is 3.21. The van der Waals surface area contributed by atoms with E-state index in [4.69, 9.17) is 5.11 Å². The molecule has 0 aliphatic heterocycles. The van der Waals surface area contributed by atoms with Crippen molar-refractivity contribution in [1.29, 1.82) is 0 Å². The van der Waals surface area contributed by atoms with Gasteiger partial charge < -0.3 is 10.4 Å². The van der Waals surface area contributed by atoms with Crippen molar-refractivity contribution >= 4 is 17.6 Å². The number of carboxylic acid groups (broad SMARTS) is 1. The molecule has 1 aromatic carbocycles. The number of anilines is 1. The molecule has 4 nitrogen and oxygen atoms in total. The lowest BCUT2D eigenvalue weighted by Crippen LogP contribution is -2.17. The van der Waals surface area contributed by atoms with Crippen LogP contribution in [0.2, 0.25) is 0 Å². The SMILES string of the molecule is Cc1ccc(C(=O)O)cc1NC(=O)CCC1CCC1. The van der Waals surface area contributed by atoms with Crippen molar-refractivity contribution in [3.8, 4) is 0 Å². The second-order valence-electron chi connectivity index (χ2n) is 5.22. The Morgan fingerprint density at radius 1 is 1.37 bits per heavy atom. The normalized spacial score (nSPS) is 14.8. The molecular weight excluding hydrogens is 242 g/mol. The van der Waals surface area contributed by atoms with E-state index >= 15 is 0 Å². The molecule has 0 heterocycles. The zero-order chi connectivity index (χ0) is 13.8. The van der Waals surface area contributed by atoms with Gasteiger partial charge >= 0.3 is 5.97 Å². The quantitative estimate of drug-likeness (QED) is 0.855. The maximum atomic E-state index is 11.8. The summed E-state index contributed by atoms with van der Waals surface area (Å²) < 4.78 is 0. The molecule has 19 heavy (non-hydrogen) atoms. The fraction of sp³-hybridized carbons (Fsp3) is 0.467. The van der Waals surface area contributed by atoms with Gasteiger partial charge in [-0.25, -0.2) is 4.79 Å². The zero-order valence-electron chi connectivity index (χ0n) is 11.1. The molecule has 1 fully saturated rings. The summed E-state index contributed by atoms with van der Waals surface area (Å²) in [5, 5.41) is 11.7. The Morgan fingerprint density at radius 3 is 2.68 bits per heavy atom. The first-order valence-electron chi connectivity index (χ1n) is 6.70. The summed E-state index contributed by atoms with van der Waals surface area (Å²) in [7, 11) is 0. The minimum atomic E-state index is -0.982. The van der Waals surface area contributed by atoms with E-state index in [1.54, 1.807) is 12.1 Å². The lowest BCUT2D eigenvalue weighted by molar-refractivity contribution is -0.116. The first-order chi connectivity index (χ1) is 9.06. The maximum Gasteiger partial charge on any atom is 0.335 e. The van der Waals surface area contributed by atoms with Gasteiger partial charge in [0.15, 0.2) is 0 Å². The van der Waals surface area contributed by atoms with Crippen LogP contribution in [-0.4, -0.2) is 17.0 Å². The van der Waals surface area contributed by atoms with Gasteiger partial charge in [-0.3, -0.25) is 4.79 Å². The number of carboxylic acids is 1. The number of amides is 1. The Morgan fingerprint density at radius 2 is 2.11 bits per heavy atom. The number of nitrogens with one attached hydrogen (secondary N) is 1. The van der Waals surface area contributed by atoms with Gasteiger partial charge in [-0.1, -0.05) is 25.3 Å². The van der Waals surface area contributed by atoms with Crippen LogP contribution in [0.15, 0.2) is 18.2 Å². The van der Waals surface area contributed by atoms with Crippen molar-refractivity contribution in [3.05, 3.63) is 29.3 Å². The molecule has 0 saturated heterocycles. The molecule has 1 saturated carbocycles. The molecule has 0 unspecified atom stereocenters. The fourth-order valence-electron chi connectivity index (χ4n) is 2.22. The summed E-state index contributed by atoms with van der Waals surface area (Å²) in [5.41, 5.74) is 1.67. The van der Waals surface area contributed by atoms with Crippen LogP contribution in [0.25, 0.3) is 0 Å². The molecule has 2 N–H and O–H groups in total. The summed E-state index contributed by atoms with van der Waals surface area (Å²) in [6.45, 7) is 1.85. The van der Waals surface area contributed by atoms with Crippen LogP contribution in [0, 0.1) is 12.8 Å². The second-order valence-corrected chi connectivity index (χ2v) is 5.22. The van der Waals surface area contributed by atoms with Crippen LogP contribution in [0.5, 0.6) is 0 Å². The van der Waals surface area contributed by atoms with Gasteiger partial charge in [0.1, 0.15) is 0 Å². The van der Waals surface area contributed by atoms with Crippen LogP contribution < -0.4 is 5.32 Å². The lowest BCUT2D eigenvalue weighted by Gasteiger charge is -2.24. The Bertz CT molecular complexity index is 492. The van der Waals surface area contributed by atoms with Crippen LogP contribution in [-0.2, 0) is 4.79 Å². The van der Waals surface area contributed by atoms with Crippen molar-refractivity contribution < 1.29 is 14.7 Å². The number of rotatable bonds is 5. The number of hydrogen-bond donors (Lipinski definition) is 2. The highest BCUT2D eigenvalue weighted by Gasteiger charge is 2.18. The number of carbonyl (C=O) groups is 2. The monoisotopic (exact) mass is 261 g/mol. The first kappa shape index (κ1) is 13.6. The highest BCUT2D eigenvalue weighted by molar-refractivity contribution is 5.94. The van der Waals surface area contributed by atoms with E-state index in [0.29, 0.717) is 18.0 Å². The molecule has 0 radical (unpaired) electrons. The van der Waals surface area contributed by atoms with E-state index in [1.165, 1.54) is 25.3 Å². The average molecular weight is 261 g/mol. The molecule has 2 rings (SSSR count). The van der Waals surface area contributed by atoms with Crippen molar-refractivity contribution in [2.45, 2.75) is 39.0 Å². The van der Waals surface area contributed by atoms with Crippen molar-refractivity contribution in [1.82, 2.24) is 0 Å². The van der Waals surface area contributed by atoms with Gasteiger partial charge in [-0.15, -0.1) is 0 Å². The van der Waals surface area contributed by atoms with E-state index in [1.807, 2.05) is 6.92 Å². The fourth-order valence-corrected chi connectivity index (χ4v) is 2.22. The summed E-state index contributed by atoms with van der Waals surface area (Å²) in [4.78, 5) is 22.7. The number of hydrogen-bond acceptors (Lipinski definition) is 2. The molecule has 1 aromatic rings. The minimum absolute atomic E-state index is 0.0301. The molecular formula is C15H19NO3. The van der Waals surface area contributed by atoms with Gasteiger partial charge in [-0.2, -0.15) is 0 Å². The van der Waals surface area contributed by atoms with Gasteiger partial charge in [0.05, 0.1) is 5.56 Å². The minimum Gasteiger partial charge on any atom is -0.478 e. The third-order valence-corrected chi connectivity index (χ3v) is 3.76. The van der Waals surface area contributed by atoms with Crippen LogP contribution in [0.4, 0.5) is 5.69 Å². The third kappa shape index (κ3) is 3.56. The van der Waals surface area contributed by atoms with Crippen molar-refractivity contribution in [3.63, 3.8) is 0 Å². The van der Waals surface area contributed by atoms with E-state index in [-0.39, 0.29) is 11.5 Å². The zero-order valence-corrected chi connectivity index (χ0v) is 11.1. The van der Waals surface area contributed by atoms with E-state index < -0.39 is 5.97 Å². The highest BCUT2D eigenvalue weighted by atomic mass is 16.4. The number of aromatic carboxylic acids is 1. The lowest BCUT2D eigenvalue weighted by atomic mass is 9.82. The predicted molar refractivity (Wildman–Crippen MR) is 73.3 cm³/mol. The number of carbonyl (C=O) groups excluding carboxylic acids is 1. The molecule has 0 bridgehead atoms. The van der Waals surface area contributed by atoms with Crippen molar-refractivity contribution in [2.75, 3.05) is 5.32 Å². The Labute approximate surface area is 112 Å². The topological polar surface area (TPSA) is 66.4 Å². The molecule has 1 amide bonds. The Balaban J connectivity index is 1.94. The first-order valence-corrected chi connectivity index (χ1v) is 6.70. The van der Waals surface area contributed by atoms with Gasteiger partial charge in [0.2, 0.25) is 5.91 Å². The van der Waals surface area contributed by atoms with E-state index in [9.17, 15) is 9.59 Å². The molecule has 102 valence electrons. The van der Waals surface area contributed by atoms with Gasteiger partial charge in [0.25, 0.3) is 0 Å². The van der Waals surface area contributed by atoms with Crippen molar-refractivity contribution in [2.24, 2.45) is 5.92 Å². The van der Waals surface area contributed by atoms with Gasteiger partial charge in [-0.05, 0) is 37.0 Å². The molecule has 0 aromatic heterocycles. The summed E-state index contributed by atoms with van der Waals surface area (Å²) >= 11 is 0. The second kappa shape index (κ2) is 5.87. The average Bonchev–Trinajstić information content (AvgIpc) is 2.29. The van der Waals surface area contributed by atoms with Crippen LogP contribution in [0.3, 0.4) is 0 Å². The molecule has 1 aliphatic carbocycles. The molecule has 0 spiro atoms. The Kier molecular flexibility index (Phi) is 4.20. The van der Waals surface area contributed by atoms with Crippen LogP contribution in [0.1, 0.15) is 48.0 Å². The van der Waals surface area contributed by atoms with Crippen LogP contribution >= 0.6 is 0 Å². The third-order valence-electron chi connectivity index (χ3n) is 3.76. The molecule has 4 heteroatoms. The standard InChI is InChI=1S/C15H19NO3/c1-10-5-7-12(15(18)19)9-13(10)16-14(17)8-6-11-3-2-4-11/h5,7,9,11H,2-4,6,8H2,1H3,(H,16,17)(H,18,19). The Hall–Kier alpha value is -1.84. The summed E-state index contributed by atoms with van der Waals surface area (Å²) in [6.07, 6.45) is 5.21. The summed E-state index contributed by atoms with van der Waals surface area (Å²) in [5.74, 6) is -0.306. The summed E-state index contributed by atoms with van der Waals surface area (Å²) in [6, 6.07) is 4.77. The maximum absolute atomic E-state index is 11.8. The van der Waals surface area contributed by atoms with E-state index in [0.717, 1.165) is 12.0 Å². The molecule has 1 aliphatic rings. The number of benzene rings is 1. The van der Waals surface area contributed by atoms with E-state index in [2.05, 4.69) is 5.32 Å². The highest BCUT2D eigenvalue weighted by Crippen LogP contribution is 2.30. The smallest absolute Gasteiger partial charge is 0.335 e. The van der Waals surface area contributed by atoms with Gasteiger partial charge in [0, 0.05) is 12.1 Å².